The zero-order valence-electron chi connectivity index (χ0n) is 9.99. The van der Waals surface area contributed by atoms with Crippen LogP contribution in [0, 0.1) is 0 Å². The van der Waals surface area contributed by atoms with E-state index in [1.54, 1.807) is 0 Å². The van der Waals surface area contributed by atoms with Gasteiger partial charge in [-0.2, -0.15) is 13.2 Å². The van der Waals surface area contributed by atoms with Gasteiger partial charge in [-0.15, -0.1) is 0 Å². The van der Waals surface area contributed by atoms with Gasteiger partial charge >= 0.3 is 12.1 Å². The van der Waals surface area contributed by atoms with Crippen LogP contribution < -0.4 is 0 Å². The van der Waals surface area contributed by atoms with Crippen LogP contribution in [0.3, 0.4) is 0 Å². The number of benzene rings is 1. The molecule has 0 aliphatic rings. The summed E-state index contributed by atoms with van der Waals surface area (Å²) < 4.78 is 43.1. The molecule has 1 aromatic carbocycles. The van der Waals surface area contributed by atoms with Gasteiger partial charge < -0.3 is 4.74 Å². The lowest BCUT2D eigenvalue weighted by Crippen LogP contribution is -2.09. The number of hydrogen-bond donors (Lipinski definition) is 0. The molecular formula is C13H10F3NO2. The summed E-state index contributed by atoms with van der Waals surface area (Å²) in [5.74, 6) is -0.544. The third kappa shape index (κ3) is 2.67. The molecular weight excluding hydrogens is 259 g/mol. The minimum Gasteiger partial charge on any atom is -0.469 e. The number of fused-ring (bicyclic) bond motifs is 1. The molecule has 19 heavy (non-hydrogen) atoms. The van der Waals surface area contributed by atoms with E-state index in [0.717, 1.165) is 6.07 Å². The summed E-state index contributed by atoms with van der Waals surface area (Å²) in [6, 6.07) is 5.10. The number of rotatable bonds is 2. The third-order valence-electron chi connectivity index (χ3n) is 2.73. The van der Waals surface area contributed by atoms with Crippen LogP contribution in [-0.4, -0.2) is 18.1 Å². The van der Waals surface area contributed by atoms with Crippen molar-refractivity contribution < 1.29 is 22.7 Å². The fourth-order valence-electron chi connectivity index (χ4n) is 1.86. The van der Waals surface area contributed by atoms with E-state index in [4.69, 9.17) is 0 Å². The van der Waals surface area contributed by atoms with Crippen molar-refractivity contribution in [1.29, 1.82) is 0 Å². The molecule has 0 saturated carbocycles. The first-order chi connectivity index (χ1) is 8.93. The average molecular weight is 269 g/mol. The van der Waals surface area contributed by atoms with E-state index in [2.05, 4.69) is 9.72 Å². The molecule has 100 valence electrons. The van der Waals surface area contributed by atoms with E-state index in [0.29, 0.717) is 5.39 Å². The molecule has 0 bridgehead atoms. The van der Waals surface area contributed by atoms with Crippen molar-refractivity contribution in [2.75, 3.05) is 7.11 Å². The third-order valence-corrected chi connectivity index (χ3v) is 2.73. The SMILES string of the molecule is COC(=O)Cc1nccc2c(C(F)(F)F)cccc12. The van der Waals surface area contributed by atoms with Crippen LogP contribution >= 0.6 is 0 Å². The summed E-state index contributed by atoms with van der Waals surface area (Å²) in [5.41, 5.74) is -0.464. The first-order valence-electron chi connectivity index (χ1n) is 5.44. The molecule has 0 aliphatic carbocycles. The van der Waals surface area contributed by atoms with Crippen LogP contribution in [0.1, 0.15) is 11.3 Å². The Morgan fingerprint density at radius 3 is 2.63 bits per heavy atom. The Hall–Kier alpha value is -2.11. The van der Waals surface area contributed by atoms with Gasteiger partial charge in [0.1, 0.15) is 0 Å². The zero-order chi connectivity index (χ0) is 14.0. The Morgan fingerprint density at radius 1 is 1.26 bits per heavy atom. The molecule has 0 amide bonds. The number of alkyl halides is 3. The molecule has 3 nitrogen and oxygen atoms in total. The first-order valence-corrected chi connectivity index (χ1v) is 5.44. The Kier molecular flexibility index (Phi) is 3.42. The lowest BCUT2D eigenvalue weighted by atomic mass is 10.0. The highest BCUT2D eigenvalue weighted by atomic mass is 19.4. The van der Waals surface area contributed by atoms with Gasteiger partial charge in [0.05, 0.1) is 24.8 Å². The van der Waals surface area contributed by atoms with Crippen LogP contribution in [-0.2, 0) is 22.1 Å². The number of pyridine rings is 1. The highest BCUT2D eigenvalue weighted by Crippen LogP contribution is 2.35. The molecule has 0 atom stereocenters. The predicted molar refractivity (Wildman–Crippen MR) is 62.5 cm³/mol. The average Bonchev–Trinajstić information content (AvgIpc) is 2.37. The second-order valence-electron chi connectivity index (χ2n) is 3.91. The van der Waals surface area contributed by atoms with Crippen LogP contribution in [0.5, 0.6) is 0 Å². The highest BCUT2D eigenvalue weighted by molar-refractivity contribution is 5.90. The molecule has 2 aromatic rings. The number of halogens is 3. The smallest absolute Gasteiger partial charge is 0.417 e. The summed E-state index contributed by atoms with van der Waals surface area (Å²) in [5, 5.41) is 0.339. The summed E-state index contributed by atoms with van der Waals surface area (Å²) >= 11 is 0. The van der Waals surface area contributed by atoms with Crippen LogP contribution in [0.15, 0.2) is 30.5 Å². The number of ether oxygens (including phenoxy) is 1. The van der Waals surface area contributed by atoms with E-state index in [-0.39, 0.29) is 17.5 Å². The van der Waals surface area contributed by atoms with Crippen molar-refractivity contribution in [3.63, 3.8) is 0 Å². The molecule has 0 spiro atoms. The van der Waals surface area contributed by atoms with Gasteiger partial charge in [-0.05, 0) is 17.5 Å². The van der Waals surface area contributed by atoms with Crippen molar-refractivity contribution in [1.82, 2.24) is 4.98 Å². The lowest BCUT2D eigenvalue weighted by molar-refractivity contribution is -0.139. The van der Waals surface area contributed by atoms with Gasteiger partial charge in [0, 0.05) is 11.6 Å². The summed E-state index contributed by atoms with van der Waals surface area (Å²) in [4.78, 5) is 15.2. The molecule has 0 unspecified atom stereocenters. The number of nitrogens with zero attached hydrogens (tertiary/aromatic N) is 1. The van der Waals surface area contributed by atoms with Crippen molar-refractivity contribution in [3.05, 3.63) is 41.7 Å². The molecule has 0 aliphatic heterocycles. The van der Waals surface area contributed by atoms with Crippen molar-refractivity contribution in [2.45, 2.75) is 12.6 Å². The van der Waals surface area contributed by atoms with Crippen molar-refractivity contribution in [2.24, 2.45) is 0 Å². The first kappa shape index (κ1) is 13.3. The molecule has 0 radical (unpaired) electrons. The Balaban J connectivity index is 2.61. The number of aromatic nitrogens is 1. The molecule has 1 aromatic heterocycles. The van der Waals surface area contributed by atoms with Crippen molar-refractivity contribution >= 4 is 16.7 Å². The minimum atomic E-state index is -4.44. The number of hydrogen-bond acceptors (Lipinski definition) is 3. The number of esters is 1. The summed E-state index contributed by atoms with van der Waals surface area (Å²) in [6.45, 7) is 0. The molecule has 0 fully saturated rings. The maximum absolute atomic E-state index is 12.9. The van der Waals surface area contributed by atoms with Gasteiger partial charge in [-0.3, -0.25) is 9.78 Å². The normalized spacial score (nSPS) is 11.6. The quantitative estimate of drug-likeness (QED) is 0.787. The lowest BCUT2D eigenvalue weighted by Gasteiger charge is -2.11. The second-order valence-corrected chi connectivity index (χ2v) is 3.91. The van der Waals surface area contributed by atoms with E-state index in [9.17, 15) is 18.0 Å². The van der Waals surface area contributed by atoms with Crippen LogP contribution in [0.25, 0.3) is 10.8 Å². The molecule has 0 saturated heterocycles. The number of carbonyl (C=O) groups is 1. The van der Waals surface area contributed by atoms with Gasteiger partial charge in [0.15, 0.2) is 0 Å². The van der Waals surface area contributed by atoms with Crippen molar-refractivity contribution in [3.8, 4) is 0 Å². The fraction of sp³-hybridized carbons (Fsp3) is 0.231. The minimum absolute atomic E-state index is 0.0314. The Bertz CT molecular complexity index is 623. The Labute approximate surface area is 107 Å². The maximum Gasteiger partial charge on any atom is 0.417 e. The number of carbonyl (C=O) groups excluding carboxylic acids is 1. The predicted octanol–water partition coefficient (Wildman–Crippen LogP) is 2.97. The van der Waals surface area contributed by atoms with Crippen LogP contribution in [0.2, 0.25) is 0 Å². The largest absolute Gasteiger partial charge is 0.469 e. The molecule has 1 heterocycles. The summed E-state index contributed by atoms with van der Waals surface area (Å²) in [7, 11) is 1.22. The zero-order valence-corrected chi connectivity index (χ0v) is 9.99. The van der Waals surface area contributed by atoms with E-state index >= 15 is 0 Å². The topological polar surface area (TPSA) is 39.2 Å². The van der Waals surface area contributed by atoms with Gasteiger partial charge in [0.2, 0.25) is 0 Å². The fourth-order valence-corrected chi connectivity index (χ4v) is 1.86. The maximum atomic E-state index is 12.9. The molecule has 6 heteroatoms. The summed E-state index contributed by atoms with van der Waals surface area (Å²) in [6.07, 6.45) is -3.34. The molecule has 2 rings (SSSR count). The second kappa shape index (κ2) is 4.87. The molecule has 0 N–H and O–H groups in total. The van der Waals surface area contributed by atoms with Gasteiger partial charge in [-0.1, -0.05) is 12.1 Å². The van der Waals surface area contributed by atoms with Crippen LogP contribution in [0.4, 0.5) is 13.2 Å². The number of methoxy groups -OCH3 is 1. The van der Waals surface area contributed by atoms with Gasteiger partial charge in [0.25, 0.3) is 0 Å². The van der Waals surface area contributed by atoms with E-state index < -0.39 is 17.7 Å². The standard InChI is InChI=1S/C13H10F3NO2/c1-19-12(18)7-11-9-3-2-4-10(13(14,15)16)8(9)5-6-17-11/h2-6H,7H2,1H3. The van der Waals surface area contributed by atoms with E-state index in [1.807, 2.05) is 0 Å². The highest BCUT2D eigenvalue weighted by Gasteiger charge is 2.32. The van der Waals surface area contributed by atoms with E-state index in [1.165, 1.54) is 31.5 Å². The Morgan fingerprint density at radius 2 is 2.00 bits per heavy atom. The van der Waals surface area contributed by atoms with Gasteiger partial charge in [-0.25, -0.2) is 0 Å². The monoisotopic (exact) mass is 269 g/mol.